The maximum atomic E-state index is 5.59. The van der Waals surface area contributed by atoms with Gasteiger partial charge in [0.2, 0.25) is 0 Å². The Balaban J connectivity index is 1.62. The minimum absolute atomic E-state index is 0.313. The summed E-state index contributed by atoms with van der Waals surface area (Å²) in [5.74, 6) is 1.06. The monoisotopic (exact) mass is 293 g/mol. The van der Waals surface area contributed by atoms with Crippen molar-refractivity contribution in [2.45, 2.75) is 37.8 Å². The molecule has 3 rings (SSSR count). The van der Waals surface area contributed by atoms with Crippen molar-refractivity contribution in [1.29, 1.82) is 0 Å². The van der Waals surface area contributed by atoms with Crippen molar-refractivity contribution in [1.82, 2.24) is 24.6 Å². The Labute approximate surface area is 127 Å². The van der Waals surface area contributed by atoms with Crippen LogP contribution in [0.1, 0.15) is 37.5 Å². The van der Waals surface area contributed by atoms with Crippen molar-refractivity contribution in [3.05, 3.63) is 12.2 Å². The van der Waals surface area contributed by atoms with Crippen molar-refractivity contribution in [3.63, 3.8) is 0 Å². The third-order valence-corrected chi connectivity index (χ3v) is 4.89. The summed E-state index contributed by atoms with van der Waals surface area (Å²) in [6, 6.07) is 0.340. The lowest BCUT2D eigenvalue weighted by Gasteiger charge is -2.30. The number of aromatic nitrogens is 3. The lowest BCUT2D eigenvalue weighted by atomic mass is 10.1. The summed E-state index contributed by atoms with van der Waals surface area (Å²) >= 11 is 0. The van der Waals surface area contributed by atoms with E-state index in [1.165, 1.54) is 32.4 Å². The van der Waals surface area contributed by atoms with Crippen LogP contribution < -0.4 is 0 Å². The molecule has 1 aromatic heterocycles. The van der Waals surface area contributed by atoms with Crippen LogP contribution in [0.5, 0.6) is 0 Å². The standard InChI is InChI=1S/C15H27N5O/c1-18-12-16-17-15(18)14-10-13(21-2)11-20(14)9-8-19-6-4-3-5-7-19/h12-14H,3-11H2,1-2H3/t13-,14+/m1/s1. The molecule has 118 valence electrons. The van der Waals surface area contributed by atoms with Gasteiger partial charge in [-0.15, -0.1) is 10.2 Å². The van der Waals surface area contributed by atoms with Crippen molar-refractivity contribution in [2.75, 3.05) is 39.8 Å². The Morgan fingerprint density at radius 2 is 2.05 bits per heavy atom. The molecule has 0 N–H and O–H groups in total. The van der Waals surface area contributed by atoms with Gasteiger partial charge in [0.25, 0.3) is 0 Å². The summed E-state index contributed by atoms with van der Waals surface area (Å²) in [5, 5.41) is 8.35. The number of ether oxygens (including phenoxy) is 1. The van der Waals surface area contributed by atoms with Crippen LogP contribution in [-0.2, 0) is 11.8 Å². The van der Waals surface area contributed by atoms with Crippen LogP contribution in [0.15, 0.2) is 6.33 Å². The first-order valence-electron chi connectivity index (χ1n) is 8.11. The van der Waals surface area contributed by atoms with Crippen molar-refractivity contribution in [3.8, 4) is 0 Å². The average Bonchev–Trinajstić information content (AvgIpc) is 3.11. The molecule has 2 aliphatic heterocycles. The average molecular weight is 293 g/mol. The molecule has 0 amide bonds. The molecule has 2 saturated heterocycles. The Morgan fingerprint density at radius 3 is 2.71 bits per heavy atom. The van der Waals surface area contributed by atoms with E-state index in [1.807, 2.05) is 18.7 Å². The topological polar surface area (TPSA) is 46.4 Å². The molecule has 0 bridgehead atoms. The van der Waals surface area contributed by atoms with Gasteiger partial charge in [0.1, 0.15) is 12.2 Å². The molecule has 0 aliphatic carbocycles. The number of piperidine rings is 1. The fraction of sp³-hybridized carbons (Fsp3) is 0.867. The molecular formula is C15H27N5O. The molecule has 6 nitrogen and oxygen atoms in total. The lowest BCUT2D eigenvalue weighted by Crippen LogP contribution is -2.38. The van der Waals surface area contributed by atoms with E-state index in [4.69, 9.17) is 4.74 Å². The molecule has 0 saturated carbocycles. The zero-order valence-corrected chi connectivity index (χ0v) is 13.2. The zero-order chi connectivity index (χ0) is 14.7. The first-order valence-corrected chi connectivity index (χ1v) is 8.11. The fourth-order valence-electron chi connectivity index (χ4n) is 3.59. The first kappa shape index (κ1) is 14.9. The first-order chi connectivity index (χ1) is 10.3. The van der Waals surface area contributed by atoms with E-state index >= 15 is 0 Å². The summed E-state index contributed by atoms with van der Waals surface area (Å²) in [4.78, 5) is 5.12. The van der Waals surface area contributed by atoms with Gasteiger partial charge in [-0.2, -0.15) is 0 Å². The highest BCUT2D eigenvalue weighted by atomic mass is 16.5. The van der Waals surface area contributed by atoms with E-state index in [-0.39, 0.29) is 0 Å². The third kappa shape index (κ3) is 3.44. The number of aryl methyl sites for hydroxylation is 1. The quantitative estimate of drug-likeness (QED) is 0.812. The van der Waals surface area contributed by atoms with E-state index in [0.29, 0.717) is 12.1 Å². The Hall–Kier alpha value is -0.980. The highest BCUT2D eigenvalue weighted by Gasteiger charge is 2.35. The molecule has 1 aromatic rings. The largest absolute Gasteiger partial charge is 0.380 e. The molecule has 0 radical (unpaired) electrons. The number of methoxy groups -OCH3 is 1. The van der Waals surface area contributed by atoms with Gasteiger partial charge >= 0.3 is 0 Å². The second-order valence-electron chi connectivity index (χ2n) is 6.31. The van der Waals surface area contributed by atoms with Gasteiger partial charge in [-0.05, 0) is 32.4 Å². The maximum Gasteiger partial charge on any atom is 0.150 e. The molecule has 0 spiro atoms. The molecule has 6 heteroatoms. The normalized spacial score (nSPS) is 28.3. The van der Waals surface area contributed by atoms with Gasteiger partial charge in [0.05, 0.1) is 12.1 Å². The molecule has 2 atom stereocenters. The fourth-order valence-corrected chi connectivity index (χ4v) is 3.59. The second kappa shape index (κ2) is 6.85. The van der Waals surface area contributed by atoms with Gasteiger partial charge in [0, 0.05) is 33.8 Å². The van der Waals surface area contributed by atoms with Crippen molar-refractivity contribution in [2.24, 2.45) is 7.05 Å². The molecule has 2 aliphatic rings. The van der Waals surface area contributed by atoms with E-state index in [1.54, 1.807) is 6.33 Å². The number of rotatable bonds is 5. The summed E-state index contributed by atoms with van der Waals surface area (Å²) in [5.41, 5.74) is 0. The predicted octanol–water partition coefficient (Wildman–Crippen LogP) is 1.06. The van der Waals surface area contributed by atoms with Crippen LogP contribution in [0.25, 0.3) is 0 Å². The van der Waals surface area contributed by atoms with Crippen molar-refractivity contribution >= 4 is 0 Å². The zero-order valence-electron chi connectivity index (χ0n) is 13.2. The predicted molar refractivity (Wildman–Crippen MR) is 81.0 cm³/mol. The molecule has 2 fully saturated rings. The van der Waals surface area contributed by atoms with Crippen LogP contribution in [-0.4, -0.2) is 70.5 Å². The number of hydrogen-bond donors (Lipinski definition) is 0. The molecular weight excluding hydrogens is 266 g/mol. The van der Waals surface area contributed by atoms with Gasteiger partial charge in [0.15, 0.2) is 0 Å². The number of nitrogens with zero attached hydrogens (tertiary/aromatic N) is 5. The van der Waals surface area contributed by atoms with Gasteiger partial charge in [-0.3, -0.25) is 4.90 Å². The third-order valence-electron chi connectivity index (χ3n) is 4.89. The van der Waals surface area contributed by atoms with Gasteiger partial charge < -0.3 is 14.2 Å². The van der Waals surface area contributed by atoms with Gasteiger partial charge in [-0.1, -0.05) is 6.42 Å². The number of hydrogen-bond acceptors (Lipinski definition) is 5. The van der Waals surface area contributed by atoms with Crippen LogP contribution in [0.3, 0.4) is 0 Å². The van der Waals surface area contributed by atoms with E-state index < -0.39 is 0 Å². The Bertz CT molecular complexity index is 443. The Morgan fingerprint density at radius 1 is 1.24 bits per heavy atom. The second-order valence-corrected chi connectivity index (χ2v) is 6.31. The highest BCUT2D eigenvalue weighted by Crippen LogP contribution is 2.31. The summed E-state index contributed by atoms with van der Waals surface area (Å²) in [7, 11) is 3.84. The SMILES string of the molecule is CO[C@@H]1C[C@@H](c2nncn2C)N(CCN2CCCCC2)C1. The van der Waals surface area contributed by atoms with Crippen LogP contribution in [0.2, 0.25) is 0 Å². The van der Waals surface area contributed by atoms with Crippen LogP contribution in [0, 0.1) is 0 Å². The molecule has 0 aromatic carbocycles. The molecule has 0 unspecified atom stereocenters. The molecule has 3 heterocycles. The summed E-state index contributed by atoms with van der Waals surface area (Å²) in [6.07, 6.45) is 7.23. The highest BCUT2D eigenvalue weighted by molar-refractivity contribution is 5.01. The lowest BCUT2D eigenvalue weighted by molar-refractivity contribution is 0.105. The van der Waals surface area contributed by atoms with E-state index in [2.05, 4.69) is 20.0 Å². The van der Waals surface area contributed by atoms with Crippen molar-refractivity contribution < 1.29 is 4.74 Å². The van der Waals surface area contributed by atoms with E-state index in [9.17, 15) is 0 Å². The van der Waals surface area contributed by atoms with Crippen LogP contribution >= 0.6 is 0 Å². The summed E-state index contributed by atoms with van der Waals surface area (Å²) < 4.78 is 7.63. The minimum atomic E-state index is 0.313. The number of likely N-dealkylation sites (tertiary alicyclic amines) is 2. The molecule has 21 heavy (non-hydrogen) atoms. The van der Waals surface area contributed by atoms with Crippen LogP contribution in [0.4, 0.5) is 0 Å². The smallest absolute Gasteiger partial charge is 0.150 e. The Kier molecular flexibility index (Phi) is 4.87. The maximum absolute atomic E-state index is 5.59. The summed E-state index contributed by atoms with van der Waals surface area (Å²) in [6.45, 7) is 5.77. The van der Waals surface area contributed by atoms with E-state index in [0.717, 1.165) is 31.9 Å². The minimum Gasteiger partial charge on any atom is -0.380 e. The van der Waals surface area contributed by atoms with Gasteiger partial charge in [-0.25, -0.2) is 0 Å².